The fourth-order valence-electron chi connectivity index (χ4n) is 5.57. The Labute approximate surface area is 218 Å². The zero-order chi connectivity index (χ0) is 27.6. The number of likely N-dealkylation sites (N-methyl/N-ethyl adjacent to an activating group) is 1. The molecule has 0 spiro atoms. The lowest BCUT2D eigenvalue weighted by atomic mass is 9.67. The summed E-state index contributed by atoms with van der Waals surface area (Å²) in [6, 6.07) is 13.4. The van der Waals surface area contributed by atoms with Crippen molar-refractivity contribution in [3.8, 4) is 5.75 Å². The molecule has 0 bridgehead atoms. The molecule has 202 valence electrons. The summed E-state index contributed by atoms with van der Waals surface area (Å²) in [5, 5.41) is 13.0. The third kappa shape index (κ3) is 5.59. The van der Waals surface area contributed by atoms with E-state index in [-0.39, 0.29) is 35.5 Å². The van der Waals surface area contributed by atoms with Crippen LogP contribution in [0.25, 0.3) is 0 Å². The van der Waals surface area contributed by atoms with Crippen LogP contribution in [0.5, 0.6) is 5.75 Å². The first kappa shape index (κ1) is 27.7. The summed E-state index contributed by atoms with van der Waals surface area (Å²) in [5.74, 6) is -5.20. The highest BCUT2D eigenvalue weighted by atomic mass is 19.4. The van der Waals surface area contributed by atoms with Gasteiger partial charge in [0.05, 0.1) is 5.56 Å². The number of halogens is 5. The van der Waals surface area contributed by atoms with E-state index in [1.807, 2.05) is 4.90 Å². The van der Waals surface area contributed by atoms with E-state index in [0.717, 1.165) is 6.07 Å². The molecule has 1 fully saturated rings. The maximum atomic E-state index is 14.8. The lowest BCUT2D eigenvalue weighted by Gasteiger charge is -2.45. The second-order valence-electron chi connectivity index (χ2n) is 9.67. The van der Waals surface area contributed by atoms with Crippen molar-refractivity contribution < 1.29 is 31.9 Å². The minimum Gasteiger partial charge on any atom is -0.508 e. The van der Waals surface area contributed by atoms with Crippen molar-refractivity contribution in [2.24, 2.45) is 5.92 Å². The molecule has 9 heteroatoms. The lowest BCUT2D eigenvalue weighted by molar-refractivity contribution is -0.141. The summed E-state index contributed by atoms with van der Waals surface area (Å²) >= 11 is 0. The summed E-state index contributed by atoms with van der Waals surface area (Å²) in [7, 11) is 1.74. The Morgan fingerprint density at radius 3 is 2.32 bits per heavy atom. The second kappa shape index (κ2) is 11.2. The predicted molar refractivity (Wildman–Crippen MR) is 134 cm³/mol. The molecule has 0 amide bonds. The van der Waals surface area contributed by atoms with Crippen LogP contribution in [0.2, 0.25) is 0 Å². The molecule has 1 aliphatic rings. The van der Waals surface area contributed by atoms with Gasteiger partial charge in [-0.3, -0.25) is 4.79 Å². The minimum atomic E-state index is -4.97. The number of piperidine rings is 1. The van der Waals surface area contributed by atoms with Crippen LogP contribution in [-0.4, -0.2) is 49.0 Å². The molecule has 3 aromatic carbocycles. The SMILES string of the molecule is CNCCN1C[C@H](C(=O)c2cccc(O)c2)[C@H](c2cccc(F)c2C)[C@@H](c2cccc(F)c2C(F)(F)F)C1. The number of hydrogen-bond donors (Lipinski definition) is 2. The molecule has 2 N–H and O–H groups in total. The molecule has 1 heterocycles. The smallest absolute Gasteiger partial charge is 0.419 e. The summed E-state index contributed by atoms with van der Waals surface area (Å²) in [6.45, 7) is 2.78. The van der Waals surface area contributed by atoms with E-state index in [1.54, 1.807) is 13.1 Å². The van der Waals surface area contributed by atoms with Crippen molar-refractivity contribution in [1.29, 1.82) is 0 Å². The predicted octanol–water partition coefficient (Wildman–Crippen LogP) is 5.90. The number of benzene rings is 3. The number of carbonyl (C=O) groups excluding carboxylic acids is 1. The van der Waals surface area contributed by atoms with E-state index in [0.29, 0.717) is 18.7 Å². The third-order valence-electron chi connectivity index (χ3n) is 7.32. The zero-order valence-corrected chi connectivity index (χ0v) is 21.0. The van der Waals surface area contributed by atoms with Crippen LogP contribution < -0.4 is 5.32 Å². The van der Waals surface area contributed by atoms with Gasteiger partial charge in [0.15, 0.2) is 5.78 Å². The van der Waals surface area contributed by atoms with Gasteiger partial charge in [0, 0.05) is 49.5 Å². The van der Waals surface area contributed by atoms with E-state index in [9.17, 15) is 31.9 Å². The van der Waals surface area contributed by atoms with Gasteiger partial charge in [0.25, 0.3) is 0 Å². The van der Waals surface area contributed by atoms with Crippen LogP contribution in [0.3, 0.4) is 0 Å². The van der Waals surface area contributed by atoms with Crippen molar-refractivity contribution in [3.05, 3.63) is 100 Å². The molecule has 38 heavy (non-hydrogen) atoms. The van der Waals surface area contributed by atoms with Gasteiger partial charge in [-0.1, -0.05) is 36.4 Å². The number of aromatic hydroxyl groups is 1. The van der Waals surface area contributed by atoms with Gasteiger partial charge in [-0.05, 0) is 54.9 Å². The molecular weight excluding hydrogens is 503 g/mol. The summed E-state index contributed by atoms with van der Waals surface area (Å²) in [5.41, 5.74) is -0.820. The Hall–Kier alpha value is -3.30. The highest BCUT2D eigenvalue weighted by Crippen LogP contribution is 2.49. The van der Waals surface area contributed by atoms with Crippen molar-refractivity contribution in [2.45, 2.75) is 24.9 Å². The average molecular weight is 533 g/mol. The van der Waals surface area contributed by atoms with Crippen LogP contribution in [0.4, 0.5) is 22.0 Å². The first-order chi connectivity index (χ1) is 18.0. The topological polar surface area (TPSA) is 52.6 Å². The normalized spacial score (nSPS) is 20.4. The minimum absolute atomic E-state index is 0.110. The quantitative estimate of drug-likeness (QED) is 0.294. The van der Waals surface area contributed by atoms with Crippen LogP contribution in [0.1, 0.15) is 44.4 Å². The molecule has 3 aromatic rings. The van der Waals surface area contributed by atoms with Gasteiger partial charge >= 0.3 is 6.18 Å². The lowest BCUT2D eigenvalue weighted by Crippen LogP contribution is -2.49. The number of carbonyl (C=O) groups is 1. The van der Waals surface area contributed by atoms with E-state index >= 15 is 0 Å². The highest BCUT2D eigenvalue weighted by molar-refractivity contribution is 5.99. The van der Waals surface area contributed by atoms with E-state index in [4.69, 9.17) is 0 Å². The number of likely N-dealkylation sites (tertiary alicyclic amines) is 1. The number of ketones is 1. The van der Waals surface area contributed by atoms with Crippen molar-refractivity contribution in [2.75, 3.05) is 33.2 Å². The van der Waals surface area contributed by atoms with E-state index in [1.165, 1.54) is 55.5 Å². The molecule has 1 aliphatic heterocycles. The van der Waals surface area contributed by atoms with Crippen LogP contribution in [0.15, 0.2) is 60.7 Å². The number of rotatable bonds is 7. The monoisotopic (exact) mass is 532 g/mol. The number of nitrogens with zero attached hydrogens (tertiary/aromatic N) is 1. The molecule has 0 radical (unpaired) electrons. The van der Waals surface area contributed by atoms with Gasteiger partial charge in [0.2, 0.25) is 0 Å². The third-order valence-corrected chi connectivity index (χ3v) is 7.32. The molecule has 0 unspecified atom stereocenters. The fourth-order valence-corrected chi connectivity index (χ4v) is 5.57. The maximum absolute atomic E-state index is 14.8. The van der Waals surface area contributed by atoms with E-state index in [2.05, 4.69) is 5.32 Å². The number of Topliss-reactive ketones (excluding diaryl/α,β-unsaturated/α-hetero) is 1. The van der Waals surface area contributed by atoms with Crippen LogP contribution in [-0.2, 0) is 6.18 Å². The van der Waals surface area contributed by atoms with E-state index < -0.39 is 46.9 Å². The largest absolute Gasteiger partial charge is 0.508 e. The maximum Gasteiger partial charge on any atom is 0.419 e. The summed E-state index contributed by atoms with van der Waals surface area (Å²) < 4.78 is 72.1. The molecule has 0 aromatic heterocycles. The van der Waals surface area contributed by atoms with Crippen LogP contribution >= 0.6 is 0 Å². The molecule has 0 aliphatic carbocycles. The first-order valence-corrected chi connectivity index (χ1v) is 12.3. The molecule has 0 saturated carbocycles. The zero-order valence-electron chi connectivity index (χ0n) is 21.0. The number of hydrogen-bond acceptors (Lipinski definition) is 4. The molecule has 3 atom stereocenters. The Kier molecular flexibility index (Phi) is 8.18. The average Bonchev–Trinajstić information content (AvgIpc) is 2.87. The Morgan fingerprint density at radius 2 is 1.66 bits per heavy atom. The van der Waals surface area contributed by atoms with Gasteiger partial charge in [0.1, 0.15) is 17.4 Å². The van der Waals surface area contributed by atoms with Crippen molar-refractivity contribution in [1.82, 2.24) is 10.2 Å². The standard InChI is InChI=1S/C29H29F5N2O2/c1-17-20(8-4-10-24(17)30)26-22(21-9-5-11-25(31)27(21)29(32,33)34)15-36(13-12-35-2)16-23(26)28(38)18-6-3-7-19(37)14-18/h3-11,14,22-23,26,35,37H,12-13,15-16H2,1-2H3/t22-,23+,26-/m1/s1. The molecule has 1 saturated heterocycles. The van der Waals surface area contributed by atoms with Crippen molar-refractivity contribution >= 4 is 5.78 Å². The molecule has 4 nitrogen and oxygen atoms in total. The molecule has 4 rings (SSSR count). The Morgan fingerprint density at radius 1 is 1.00 bits per heavy atom. The number of phenolic OH excluding ortho intramolecular Hbond substituents is 1. The van der Waals surface area contributed by atoms with Gasteiger partial charge in [-0.25, -0.2) is 8.78 Å². The second-order valence-corrected chi connectivity index (χ2v) is 9.67. The Balaban J connectivity index is 1.95. The number of nitrogens with one attached hydrogen (secondary N) is 1. The summed E-state index contributed by atoms with van der Waals surface area (Å²) in [6.07, 6.45) is -4.97. The van der Waals surface area contributed by atoms with Crippen LogP contribution in [0, 0.1) is 24.5 Å². The van der Waals surface area contributed by atoms with Crippen molar-refractivity contribution in [3.63, 3.8) is 0 Å². The van der Waals surface area contributed by atoms with Gasteiger partial charge < -0.3 is 15.3 Å². The highest BCUT2D eigenvalue weighted by Gasteiger charge is 2.47. The number of alkyl halides is 3. The summed E-state index contributed by atoms with van der Waals surface area (Å²) in [4.78, 5) is 15.8. The fraction of sp³-hybridized carbons (Fsp3) is 0.345. The Bertz CT molecular complexity index is 1310. The molecular formula is C29H29F5N2O2. The van der Waals surface area contributed by atoms with Gasteiger partial charge in [-0.2, -0.15) is 13.2 Å². The first-order valence-electron chi connectivity index (χ1n) is 12.3. The van der Waals surface area contributed by atoms with Gasteiger partial charge in [-0.15, -0.1) is 0 Å². The number of phenols is 1.